The van der Waals surface area contributed by atoms with E-state index in [1.807, 2.05) is 0 Å². The first kappa shape index (κ1) is 9.99. The Bertz CT molecular complexity index is 324. The molecule has 2 rings (SSSR count). The molecule has 4 heteroatoms. The molecule has 1 aromatic heterocycles. The van der Waals surface area contributed by atoms with Crippen molar-refractivity contribution in [3.63, 3.8) is 0 Å². The summed E-state index contributed by atoms with van der Waals surface area (Å²) in [5.74, 6) is 0. The summed E-state index contributed by atoms with van der Waals surface area (Å²) in [7, 11) is 0. The highest BCUT2D eigenvalue weighted by Gasteiger charge is 2.29. The molecule has 3 nitrogen and oxygen atoms in total. The summed E-state index contributed by atoms with van der Waals surface area (Å²) in [5.41, 5.74) is 1.06. The summed E-state index contributed by atoms with van der Waals surface area (Å²) >= 11 is 6.16. The van der Waals surface area contributed by atoms with Gasteiger partial charge in [-0.15, -0.1) is 0 Å². The van der Waals surface area contributed by atoms with Gasteiger partial charge in [0.25, 0.3) is 0 Å². The average molecular weight is 215 g/mol. The van der Waals surface area contributed by atoms with Crippen LogP contribution in [0.1, 0.15) is 37.8 Å². The quantitative estimate of drug-likeness (QED) is 0.820. The van der Waals surface area contributed by atoms with Crippen LogP contribution in [0.2, 0.25) is 5.15 Å². The number of aryl methyl sites for hydroxylation is 1. The fraction of sp³-hybridized carbons (Fsp3) is 0.700. The summed E-state index contributed by atoms with van der Waals surface area (Å²) < 4.78 is 1.78. The maximum absolute atomic E-state index is 9.73. The predicted molar refractivity (Wildman–Crippen MR) is 55.5 cm³/mol. The van der Waals surface area contributed by atoms with E-state index in [1.165, 1.54) is 0 Å². The molecule has 0 spiro atoms. The molecule has 0 aliphatic heterocycles. The molecule has 1 heterocycles. The van der Waals surface area contributed by atoms with Gasteiger partial charge in [0.15, 0.2) is 0 Å². The van der Waals surface area contributed by atoms with E-state index in [0.717, 1.165) is 31.2 Å². The van der Waals surface area contributed by atoms with Crippen LogP contribution in [0.5, 0.6) is 0 Å². The molecular formula is C10H15ClN2O. The summed E-state index contributed by atoms with van der Waals surface area (Å²) in [6, 6.07) is 0.0859. The monoisotopic (exact) mass is 214 g/mol. The molecule has 14 heavy (non-hydrogen) atoms. The van der Waals surface area contributed by atoms with Gasteiger partial charge < -0.3 is 5.11 Å². The van der Waals surface area contributed by atoms with Crippen molar-refractivity contribution in [2.24, 2.45) is 0 Å². The largest absolute Gasteiger partial charge is 0.391 e. The molecule has 0 aromatic carbocycles. The summed E-state index contributed by atoms with van der Waals surface area (Å²) in [4.78, 5) is 0. The second-order valence-corrected chi connectivity index (χ2v) is 4.18. The molecule has 0 amide bonds. The van der Waals surface area contributed by atoms with Gasteiger partial charge in [0.05, 0.1) is 18.3 Å². The zero-order chi connectivity index (χ0) is 10.1. The molecule has 2 unspecified atom stereocenters. The van der Waals surface area contributed by atoms with Gasteiger partial charge in [-0.25, -0.2) is 4.68 Å². The van der Waals surface area contributed by atoms with Gasteiger partial charge in [0.2, 0.25) is 0 Å². The number of aromatic nitrogens is 2. The molecule has 0 radical (unpaired) electrons. The highest BCUT2D eigenvalue weighted by atomic mass is 35.5. The minimum absolute atomic E-state index is 0.0859. The first-order valence-electron chi connectivity index (χ1n) is 5.14. The van der Waals surface area contributed by atoms with E-state index < -0.39 is 0 Å². The number of hydrogen-bond donors (Lipinski definition) is 1. The van der Waals surface area contributed by atoms with Crippen LogP contribution in [0.4, 0.5) is 0 Å². The summed E-state index contributed by atoms with van der Waals surface area (Å²) in [5, 5.41) is 14.7. The predicted octanol–water partition coefficient (Wildman–Crippen LogP) is 2.18. The van der Waals surface area contributed by atoms with Crippen LogP contribution in [0.25, 0.3) is 0 Å². The van der Waals surface area contributed by atoms with E-state index in [-0.39, 0.29) is 12.1 Å². The van der Waals surface area contributed by atoms with Gasteiger partial charge in [0.1, 0.15) is 5.15 Å². The Morgan fingerprint density at radius 1 is 1.64 bits per heavy atom. The Labute approximate surface area is 88.7 Å². The summed E-state index contributed by atoms with van der Waals surface area (Å²) in [6.45, 7) is 2.05. The SMILES string of the molecule is CCc1cnn(C2CCCC2O)c1Cl. The van der Waals surface area contributed by atoms with Gasteiger partial charge in [-0.05, 0) is 25.7 Å². The topological polar surface area (TPSA) is 38.0 Å². The van der Waals surface area contributed by atoms with Crippen LogP contribution >= 0.6 is 11.6 Å². The molecule has 1 saturated carbocycles. The van der Waals surface area contributed by atoms with E-state index in [4.69, 9.17) is 11.6 Å². The van der Waals surface area contributed by atoms with E-state index in [2.05, 4.69) is 12.0 Å². The lowest BCUT2D eigenvalue weighted by atomic mass is 10.2. The first-order valence-corrected chi connectivity index (χ1v) is 5.51. The van der Waals surface area contributed by atoms with Crippen molar-refractivity contribution < 1.29 is 5.11 Å². The molecule has 2 atom stereocenters. The number of aliphatic hydroxyl groups is 1. The second-order valence-electron chi connectivity index (χ2n) is 3.82. The van der Waals surface area contributed by atoms with E-state index in [1.54, 1.807) is 10.9 Å². The minimum Gasteiger partial charge on any atom is -0.391 e. The van der Waals surface area contributed by atoms with Crippen molar-refractivity contribution in [2.75, 3.05) is 0 Å². The number of hydrogen-bond acceptors (Lipinski definition) is 2. The lowest BCUT2D eigenvalue weighted by molar-refractivity contribution is 0.130. The van der Waals surface area contributed by atoms with Gasteiger partial charge >= 0.3 is 0 Å². The molecule has 1 aliphatic carbocycles. The Morgan fingerprint density at radius 3 is 2.93 bits per heavy atom. The summed E-state index contributed by atoms with van der Waals surface area (Å²) in [6.07, 6.45) is 5.31. The molecule has 0 saturated heterocycles. The Hall–Kier alpha value is -0.540. The van der Waals surface area contributed by atoms with Crippen molar-refractivity contribution in [2.45, 2.75) is 44.8 Å². The zero-order valence-corrected chi connectivity index (χ0v) is 9.04. The van der Waals surface area contributed by atoms with E-state index >= 15 is 0 Å². The standard InChI is InChI=1S/C10H15ClN2O/c1-2-7-6-12-13(10(7)11)8-4-3-5-9(8)14/h6,8-9,14H,2-5H2,1H3. The highest BCUT2D eigenvalue weighted by Crippen LogP contribution is 2.32. The Kier molecular flexibility index (Phi) is 2.79. The fourth-order valence-electron chi connectivity index (χ4n) is 2.06. The molecule has 1 aliphatic rings. The normalized spacial score (nSPS) is 27.1. The van der Waals surface area contributed by atoms with Crippen LogP contribution in [0, 0.1) is 0 Å². The molecule has 1 aromatic rings. The van der Waals surface area contributed by atoms with Gasteiger partial charge in [-0.2, -0.15) is 5.10 Å². The number of halogens is 1. The van der Waals surface area contributed by atoms with Gasteiger partial charge in [0, 0.05) is 5.56 Å². The third-order valence-electron chi connectivity index (χ3n) is 2.94. The minimum atomic E-state index is -0.280. The number of rotatable bonds is 2. The van der Waals surface area contributed by atoms with Crippen molar-refractivity contribution in [1.82, 2.24) is 9.78 Å². The van der Waals surface area contributed by atoms with Crippen molar-refractivity contribution >= 4 is 11.6 Å². The van der Waals surface area contributed by atoms with Crippen molar-refractivity contribution in [3.8, 4) is 0 Å². The molecular weight excluding hydrogens is 200 g/mol. The van der Waals surface area contributed by atoms with Crippen molar-refractivity contribution in [1.29, 1.82) is 0 Å². The number of nitrogens with zero attached hydrogens (tertiary/aromatic N) is 2. The third kappa shape index (κ3) is 1.55. The lowest BCUT2D eigenvalue weighted by Gasteiger charge is -2.15. The highest BCUT2D eigenvalue weighted by molar-refractivity contribution is 6.30. The molecule has 1 N–H and O–H groups in total. The van der Waals surface area contributed by atoms with Crippen molar-refractivity contribution in [3.05, 3.63) is 16.9 Å². The van der Waals surface area contributed by atoms with Crippen LogP contribution in [0.3, 0.4) is 0 Å². The number of aliphatic hydroxyl groups excluding tert-OH is 1. The maximum atomic E-state index is 9.73. The second kappa shape index (κ2) is 3.91. The lowest BCUT2D eigenvalue weighted by Crippen LogP contribution is -2.19. The molecule has 0 bridgehead atoms. The van der Waals surface area contributed by atoms with Crippen LogP contribution < -0.4 is 0 Å². The zero-order valence-electron chi connectivity index (χ0n) is 8.28. The van der Waals surface area contributed by atoms with Crippen LogP contribution in [-0.4, -0.2) is 21.0 Å². The van der Waals surface area contributed by atoms with E-state index in [9.17, 15) is 5.11 Å². The van der Waals surface area contributed by atoms with E-state index in [0.29, 0.717) is 5.15 Å². The van der Waals surface area contributed by atoms with Crippen LogP contribution in [0.15, 0.2) is 6.20 Å². The average Bonchev–Trinajstić information content (AvgIpc) is 2.72. The van der Waals surface area contributed by atoms with Crippen LogP contribution in [-0.2, 0) is 6.42 Å². The van der Waals surface area contributed by atoms with Gasteiger partial charge in [-0.3, -0.25) is 0 Å². The molecule has 1 fully saturated rings. The molecule has 78 valence electrons. The maximum Gasteiger partial charge on any atom is 0.130 e. The smallest absolute Gasteiger partial charge is 0.130 e. The fourth-order valence-corrected chi connectivity index (χ4v) is 2.41. The third-order valence-corrected chi connectivity index (χ3v) is 3.36. The Balaban J connectivity index is 2.27. The first-order chi connectivity index (χ1) is 6.74. The van der Waals surface area contributed by atoms with Gasteiger partial charge in [-0.1, -0.05) is 18.5 Å². The Morgan fingerprint density at radius 2 is 2.43 bits per heavy atom.